The molecule has 1 rings (SSSR count). The number of Topliss-reactive ketones (excluding diaryl/α,β-unsaturated/α-hetero) is 1. The first kappa shape index (κ1) is 12.6. The molecule has 16 heavy (non-hydrogen) atoms. The van der Waals surface area contributed by atoms with Crippen LogP contribution in [-0.4, -0.2) is 11.7 Å². The molecule has 0 heterocycles. The van der Waals surface area contributed by atoms with E-state index in [4.69, 9.17) is 11.6 Å². The van der Waals surface area contributed by atoms with Crippen molar-refractivity contribution in [3.63, 3.8) is 0 Å². The first-order chi connectivity index (χ1) is 7.40. The van der Waals surface area contributed by atoms with Crippen molar-refractivity contribution in [2.75, 3.05) is 5.32 Å². The molecule has 3 nitrogen and oxygen atoms in total. The van der Waals surface area contributed by atoms with Gasteiger partial charge in [0.1, 0.15) is 11.6 Å². The number of amides is 1. The number of ketones is 1. The Labute approximate surface area is 97.6 Å². The monoisotopic (exact) mass is 243 g/mol. The normalized spacial score (nSPS) is 10.0. The van der Waals surface area contributed by atoms with Crippen LogP contribution in [0.1, 0.15) is 18.9 Å². The lowest BCUT2D eigenvalue weighted by atomic mass is 10.2. The van der Waals surface area contributed by atoms with E-state index in [2.05, 4.69) is 5.32 Å². The molecule has 1 N–H and O–H groups in total. The fourth-order valence-electron chi connectivity index (χ4n) is 1.16. The number of hydrogen-bond acceptors (Lipinski definition) is 2. The molecule has 0 radical (unpaired) electrons. The summed E-state index contributed by atoms with van der Waals surface area (Å²) in [6, 6.07) is 2.55. The van der Waals surface area contributed by atoms with Gasteiger partial charge in [-0.15, -0.1) is 0 Å². The van der Waals surface area contributed by atoms with Gasteiger partial charge in [-0.2, -0.15) is 0 Å². The van der Waals surface area contributed by atoms with E-state index in [0.29, 0.717) is 5.56 Å². The Morgan fingerprint density at radius 3 is 2.62 bits per heavy atom. The molecular weight excluding hydrogens is 233 g/mol. The molecule has 0 fully saturated rings. The average Bonchev–Trinajstić information content (AvgIpc) is 2.12. The van der Waals surface area contributed by atoms with E-state index < -0.39 is 11.7 Å². The van der Waals surface area contributed by atoms with E-state index >= 15 is 0 Å². The Bertz CT molecular complexity index is 446. The molecule has 1 aromatic rings. The molecule has 0 spiro atoms. The molecule has 0 saturated carbocycles. The van der Waals surface area contributed by atoms with Crippen LogP contribution in [0.5, 0.6) is 0 Å². The molecule has 0 aliphatic heterocycles. The number of rotatable bonds is 3. The van der Waals surface area contributed by atoms with Gasteiger partial charge in [0.15, 0.2) is 0 Å². The van der Waals surface area contributed by atoms with Crippen LogP contribution in [-0.2, 0) is 9.59 Å². The first-order valence-electron chi connectivity index (χ1n) is 4.65. The Morgan fingerprint density at radius 1 is 1.44 bits per heavy atom. The molecule has 5 heteroatoms. The zero-order valence-electron chi connectivity index (χ0n) is 8.93. The molecule has 0 aromatic heterocycles. The largest absolute Gasteiger partial charge is 0.324 e. The Hall–Kier alpha value is -1.42. The second-order valence-electron chi connectivity index (χ2n) is 3.51. The molecule has 0 bridgehead atoms. The van der Waals surface area contributed by atoms with Gasteiger partial charge in [-0.3, -0.25) is 9.59 Å². The number of nitrogens with one attached hydrogen (secondary N) is 1. The fourth-order valence-corrected chi connectivity index (χ4v) is 1.43. The summed E-state index contributed by atoms with van der Waals surface area (Å²) in [6.07, 6.45) is -0.244. The predicted molar refractivity (Wildman–Crippen MR) is 60.1 cm³/mol. The van der Waals surface area contributed by atoms with Gasteiger partial charge in [-0.1, -0.05) is 11.6 Å². The van der Waals surface area contributed by atoms with E-state index in [9.17, 15) is 14.0 Å². The van der Waals surface area contributed by atoms with Crippen molar-refractivity contribution in [2.45, 2.75) is 20.3 Å². The van der Waals surface area contributed by atoms with Crippen molar-refractivity contribution < 1.29 is 14.0 Å². The lowest BCUT2D eigenvalue weighted by Crippen LogP contribution is -2.15. The summed E-state index contributed by atoms with van der Waals surface area (Å²) in [6.45, 7) is 2.87. The second-order valence-corrected chi connectivity index (χ2v) is 3.92. The van der Waals surface area contributed by atoms with E-state index in [1.54, 1.807) is 6.92 Å². The van der Waals surface area contributed by atoms with E-state index in [1.165, 1.54) is 13.0 Å². The van der Waals surface area contributed by atoms with Gasteiger partial charge < -0.3 is 5.32 Å². The van der Waals surface area contributed by atoms with Crippen LogP contribution in [0.4, 0.5) is 10.1 Å². The molecule has 0 atom stereocenters. The Balaban J connectivity index is 2.85. The molecule has 1 amide bonds. The smallest absolute Gasteiger partial charge is 0.231 e. The topological polar surface area (TPSA) is 46.2 Å². The molecular formula is C11H11ClFNO2. The van der Waals surface area contributed by atoms with E-state index in [0.717, 1.165) is 6.07 Å². The highest BCUT2D eigenvalue weighted by molar-refractivity contribution is 6.33. The number of anilines is 1. The van der Waals surface area contributed by atoms with Crippen LogP contribution in [0.2, 0.25) is 5.02 Å². The third-order valence-electron chi connectivity index (χ3n) is 1.93. The van der Waals surface area contributed by atoms with Gasteiger partial charge in [0.25, 0.3) is 0 Å². The summed E-state index contributed by atoms with van der Waals surface area (Å²) in [5, 5.41) is 2.62. The quantitative estimate of drug-likeness (QED) is 0.830. The van der Waals surface area contributed by atoms with Crippen molar-refractivity contribution in [2.24, 2.45) is 0 Å². The van der Waals surface area contributed by atoms with Crippen molar-refractivity contribution in [3.8, 4) is 0 Å². The zero-order valence-corrected chi connectivity index (χ0v) is 9.69. The lowest BCUT2D eigenvalue weighted by Gasteiger charge is -2.07. The first-order valence-corrected chi connectivity index (χ1v) is 5.03. The summed E-state index contributed by atoms with van der Waals surface area (Å²) in [5.41, 5.74) is 0.575. The highest BCUT2D eigenvalue weighted by Crippen LogP contribution is 2.25. The summed E-state index contributed by atoms with van der Waals surface area (Å²) < 4.78 is 13.2. The van der Waals surface area contributed by atoms with Gasteiger partial charge in [0.05, 0.1) is 17.1 Å². The number of hydrogen-bond donors (Lipinski definition) is 1. The highest BCUT2D eigenvalue weighted by Gasteiger charge is 2.10. The van der Waals surface area contributed by atoms with Gasteiger partial charge >= 0.3 is 0 Å². The fraction of sp³-hybridized carbons (Fsp3) is 0.273. The average molecular weight is 244 g/mol. The second kappa shape index (κ2) is 5.07. The van der Waals surface area contributed by atoms with Crippen LogP contribution in [0.25, 0.3) is 0 Å². The maximum atomic E-state index is 13.2. The van der Waals surface area contributed by atoms with Crippen molar-refractivity contribution in [1.29, 1.82) is 0 Å². The van der Waals surface area contributed by atoms with E-state index in [-0.39, 0.29) is 22.9 Å². The van der Waals surface area contributed by atoms with Crippen molar-refractivity contribution >= 4 is 29.0 Å². The molecule has 0 aliphatic rings. The number of benzene rings is 1. The number of halogens is 2. The summed E-state index contributed by atoms with van der Waals surface area (Å²) in [5.74, 6) is -1.22. The molecule has 86 valence electrons. The third kappa shape index (κ3) is 3.31. The number of carbonyl (C=O) groups excluding carboxylic acids is 2. The minimum atomic E-state index is -0.502. The Morgan fingerprint density at radius 2 is 2.06 bits per heavy atom. The summed E-state index contributed by atoms with van der Waals surface area (Å²) >= 11 is 5.82. The number of aryl methyl sites for hydroxylation is 1. The Kier molecular flexibility index (Phi) is 4.01. The van der Waals surface area contributed by atoms with Crippen LogP contribution in [0.3, 0.4) is 0 Å². The zero-order chi connectivity index (χ0) is 12.3. The van der Waals surface area contributed by atoms with Crippen LogP contribution >= 0.6 is 11.6 Å². The van der Waals surface area contributed by atoms with Crippen molar-refractivity contribution in [3.05, 3.63) is 28.5 Å². The molecule has 0 aliphatic carbocycles. The van der Waals surface area contributed by atoms with Crippen LogP contribution in [0.15, 0.2) is 12.1 Å². The third-order valence-corrected chi connectivity index (χ3v) is 2.24. The van der Waals surface area contributed by atoms with Gasteiger partial charge in [-0.05, 0) is 31.5 Å². The molecule has 1 aromatic carbocycles. The SMILES string of the molecule is CC(=O)CC(=O)Nc1cc(F)c(C)cc1Cl. The standard InChI is InChI=1S/C11H11ClFNO2/c1-6-3-8(12)10(5-9(6)13)14-11(16)4-7(2)15/h3,5H,4H2,1-2H3,(H,14,16). The maximum absolute atomic E-state index is 13.2. The maximum Gasteiger partial charge on any atom is 0.231 e. The highest BCUT2D eigenvalue weighted by atomic mass is 35.5. The van der Waals surface area contributed by atoms with Crippen LogP contribution in [0, 0.1) is 12.7 Å². The summed E-state index contributed by atoms with van der Waals surface area (Å²) in [7, 11) is 0. The molecule has 0 unspecified atom stereocenters. The minimum Gasteiger partial charge on any atom is -0.324 e. The predicted octanol–water partition coefficient (Wildman–Crippen LogP) is 2.71. The van der Waals surface area contributed by atoms with Gasteiger partial charge in [0, 0.05) is 0 Å². The minimum absolute atomic E-state index is 0.177. The summed E-state index contributed by atoms with van der Waals surface area (Å²) in [4.78, 5) is 21.9. The number of carbonyl (C=O) groups is 2. The van der Waals surface area contributed by atoms with Gasteiger partial charge in [0.2, 0.25) is 5.91 Å². The lowest BCUT2D eigenvalue weighted by molar-refractivity contribution is -0.124. The molecule has 0 saturated heterocycles. The van der Waals surface area contributed by atoms with E-state index in [1.807, 2.05) is 0 Å². The van der Waals surface area contributed by atoms with Crippen LogP contribution < -0.4 is 5.32 Å². The van der Waals surface area contributed by atoms with Gasteiger partial charge in [-0.25, -0.2) is 4.39 Å². The van der Waals surface area contributed by atoms with Crippen molar-refractivity contribution in [1.82, 2.24) is 0 Å².